The molecule has 1 fully saturated rings. The Morgan fingerprint density at radius 2 is 1.10 bits per heavy atom. The van der Waals surface area contributed by atoms with Gasteiger partial charge in [-0.15, -0.1) is 0 Å². The van der Waals surface area contributed by atoms with Gasteiger partial charge in [-0.3, -0.25) is 0 Å². The van der Waals surface area contributed by atoms with E-state index in [9.17, 15) is 0 Å². The Bertz CT molecular complexity index is 75.3. The molecule has 1 saturated heterocycles. The summed E-state index contributed by atoms with van der Waals surface area (Å²) in [5, 5.41) is 0. The molecule has 0 aromatic heterocycles. The molecule has 2 heteroatoms. The van der Waals surface area contributed by atoms with E-state index < -0.39 is 0 Å². The van der Waals surface area contributed by atoms with Crippen LogP contribution in [-0.4, -0.2) is 25.9 Å². The molecule has 0 aromatic carbocycles. The van der Waals surface area contributed by atoms with Crippen LogP contribution in [0.2, 0.25) is 0 Å². The first kappa shape index (κ1) is 8.12. The highest BCUT2D eigenvalue weighted by atomic mass is 15.0. The highest BCUT2D eigenvalue weighted by Gasteiger charge is 2.00. The van der Waals surface area contributed by atoms with Crippen molar-refractivity contribution in [2.24, 2.45) is 0 Å². The first-order valence-electron chi connectivity index (χ1n) is 4.58. The fraction of sp³-hybridized carbons (Fsp3) is 1.00. The van der Waals surface area contributed by atoms with Crippen molar-refractivity contribution in [3.8, 4) is 0 Å². The molecule has 1 heterocycles. The molecule has 0 N–H and O–H groups in total. The van der Waals surface area contributed by atoms with E-state index in [1.807, 2.05) is 0 Å². The maximum absolute atomic E-state index is 2.46. The summed E-state index contributed by atoms with van der Waals surface area (Å²) < 4.78 is 0. The second-order valence-electron chi connectivity index (χ2n) is 3.42. The van der Waals surface area contributed by atoms with Crippen LogP contribution in [0.15, 0.2) is 0 Å². The Morgan fingerprint density at radius 3 is 1.60 bits per heavy atom. The van der Waals surface area contributed by atoms with E-state index in [2.05, 4.69) is 12.8 Å². The molecule has 0 atom stereocenters. The predicted molar refractivity (Wildman–Crippen MR) is 47.8 cm³/mol. The Labute approximate surface area is 65.2 Å². The van der Waals surface area contributed by atoms with Crippen molar-refractivity contribution >= 4 is 7.98 Å². The smallest absolute Gasteiger partial charge is 0.185 e. The lowest BCUT2D eigenvalue weighted by Gasteiger charge is -2.14. The molecule has 0 aliphatic carbocycles. The van der Waals surface area contributed by atoms with Gasteiger partial charge in [0.25, 0.3) is 0 Å². The number of nitrogens with zero attached hydrogens (tertiary/aromatic N) is 1. The molecule has 1 aliphatic heterocycles. The quantitative estimate of drug-likeness (QED) is 0.455. The van der Waals surface area contributed by atoms with Crippen LogP contribution in [0.25, 0.3) is 0 Å². The molecule has 1 rings (SSSR count). The van der Waals surface area contributed by atoms with Gasteiger partial charge in [0.05, 0.1) is 0 Å². The normalized spacial score (nSPS) is 24.8. The van der Waals surface area contributed by atoms with Crippen LogP contribution < -0.4 is 0 Å². The first-order valence-corrected chi connectivity index (χ1v) is 4.58. The molecular weight excluding hydrogens is 121 g/mol. The van der Waals surface area contributed by atoms with E-state index in [-0.39, 0.29) is 0 Å². The van der Waals surface area contributed by atoms with Crippen molar-refractivity contribution in [2.75, 3.05) is 13.1 Å². The number of rotatable bonds is 0. The van der Waals surface area contributed by atoms with Crippen LogP contribution in [0.3, 0.4) is 0 Å². The fourth-order valence-electron chi connectivity index (χ4n) is 1.58. The van der Waals surface area contributed by atoms with Gasteiger partial charge in [0.1, 0.15) is 0 Å². The van der Waals surface area contributed by atoms with Crippen LogP contribution >= 0.6 is 0 Å². The summed E-state index contributed by atoms with van der Waals surface area (Å²) >= 11 is 0. The average Bonchev–Trinajstić information content (AvgIpc) is 2.02. The molecule has 0 amide bonds. The summed E-state index contributed by atoms with van der Waals surface area (Å²) in [5.41, 5.74) is 0. The number of hydrogen-bond acceptors (Lipinski definition) is 1. The van der Waals surface area contributed by atoms with Crippen molar-refractivity contribution in [3.63, 3.8) is 0 Å². The van der Waals surface area contributed by atoms with Crippen molar-refractivity contribution in [1.82, 2.24) is 4.81 Å². The van der Waals surface area contributed by atoms with Gasteiger partial charge in [-0.2, -0.15) is 0 Å². The van der Waals surface area contributed by atoms with E-state index >= 15 is 0 Å². The topological polar surface area (TPSA) is 3.24 Å². The third kappa shape index (κ3) is 3.26. The predicted octanol–water partition coefficient (Wildman–Crippen LogP) is 1.19. The van der Waals surface area contributed by atoms with Gasteiger partial charge in [0.2, 0.25) is 0 Å². The van der Waals surface area contributed by atoms with Gasteiger partial charge in [0, 0.05) is 0 Å². The lowest BCUT2D eigenvalue weighted by atomic mass is 10.1. The van der Waals surface area contributed by atoms with Crippen LogP contribution in [0.4, 0.5) is 0 Å². The summed E-state index contributed by atoms with van der Waals surface area (Å²) in [5.74, 6) is 0. The van der Waals surface area contributed by atoms with Crippen LogP contribution in [0.5, 0.6) is 0 Å². The zero-order chi connectivity index (χ0) is 7.23. The van der Waals surface area contributed by atoms with E-state index in [0.717, 1.165) is 0 Å². The summed E-state index contributed by atoms with van der Waals surface area (Å²) in [6.45, 7) is 2.64. The molecule has 0 radical (unpaired) electrons. The first-order chi connectivity index (χ1) is 4.89. The second kappa shape index (κ2) is 4.78. The molecule has 0 unspecified atom stereocenters. The molecular formula is C8H18BN. The van der Waals surface area contributed by atoms with Gasteiger partial charge in [0.15, 0.2) is 7.98 Å². The van der Waals surface area contributed by atoms with Gasteiger partial charge < -0.3 is 4.81 Å². The zero-order valence-electron chi connectivity index (χ0n) is 7.10. The Morgan fingerprint density at radius 1 is 0.700 bits per heavy atom. The van der Waals surface area contributed by atoms with E-state index in [0.29, 0.717) is 0 Å². The van der Waals surface area contributed by atoms with Gasteiger partial charge in [-0.05, 0) is 25.9 Å². The van der Waals surface area contributed by atoms with E-state index in [1.165, 1.54) is 51.6 Å². The lowest BCUT2D eigenvalue weighted by Crippen LogP contribution is -2.21. The van der Waals surface area contributed by atoms with Crippen molar-refractivity contribution in [3.05, 3.63) is 0 Å². The highest BCUT2D eigenvalue weighted by molar-refractivity contribution is 6.04. The monoisotopic (exact) mass is 139 g/mol. The van der Waals surface area contributed by atoms with Gasteiger partial charge >= 0.3 is 0 Å². The van der Waals surface area contributed by atoms with Crippen LogP contribution in [0, 0.1) is 0 Å². The fourth-order valence-corrected chi connectivity index (χ4v) is 1.58. The standard InChI is InChI=1S/C8H18BN/c9-10-7-5-3-1-2-4-6-8-10/h1-9H2. The molecule has 58 valence electrons. The molecule has 10 heavy (non-hydrogen) atoms. The molecule has 0 aromatic rings. The maximum Gasteiger partial charge on any atom is 0.185 e. The third-order valence-corrected chi connectivity index (χ3v) is 2.33. The minimum Gasteiger partial charge on any atom is -0.349 e. The Kier molecular flexibility index (Phi) is 3.88. The van der Waals surface area contributed by atoms with E-state index in [1.54, 1.807) is 0 Å². The summed E-state index contributed by atoms with van der Waals surface area (Å²) in [7, 11) is 2.24. The van der Waals surface area contributed by atoms with Gasteiger partial charge in [-0.25, -0.2) is 0 Å². The van der Waals surface area contributed by atoms with Gasteiger partial charge in [-0.1, -0.05) is 25.7 Å². The third-order valence-electron chi connectivity index (χ3n) is 2.33. The van der Waals surface area contributed by atoms with Crippen LogP contribution in [-0.2, 0) is 0 Å². The Balaban J connectivity index is 2.15. The molecule has 1 nitrogen and oxygen atoms in total. The second-order valence-corrected chi connectivity index (χ2v) is 3.42. The minimum absolute atomic E-state index is 1.32. The Hall–Kier alpha value is 0.0249. The molecule has 0 spiro atoms. The van der Waals surface area contributed by atoms with Crippen LogP contribution in [0.1, 0.15) is 38.5 Å². The van der Waals surface area contributed by atoms with Crippen molar-refractivity contribution in [1.29, 1.82) is 0 Å². The molecule has 1 aliphatic rings. The minimum atomic E-state index is 1.32. The maximum atomic E-state index is 2.46. The highest BCUT2D eigenvalue weighted by Crippen LogP contribution is 2.09. The molecule has 0 saturated carbocycles. The van der Waals surface area contributed by atoms with E-state index in [4.69, 9.17) is 0 Å². The SMILES string of the molecule is BN1CCCCCCCC1. The lowest BCUT2D eigenvalue weighted by molar-refractivity contribution is 0.437. The summed E-state index contributed by atoms with van der Waals surface area (Å²) in [6, 6.07) is 0. The largest absolute Gasteiger partial charge is 0.349 e. The molecule has 0 bridgehead atoms. The zero-order valence-corrected chi connectivity index (χ0v) is 7.10. The average molecular weight is 139 g/mol. The summed E-state index contributed by atoms with van der Waals surface area (Å²) in [6.07, 6.45) is 8.66. The summed E-state index contributed by atoms with van der Waals surface area (Å²) in [4.78, 5) is 2.46. The van der Waals surface area contributed by atoms with Crippen molar-refractivity contribution < 1.29 is 0 Å². The van der Waals surface area contributed by atoms with Crippen molar-refractivity contribution in [2.45, 2.75) is 38.5 Å². The number of hydrogen-bond donors (Lipinski definition) is 0.